The molecule has 2 aromatic heterocycles. The molecule has 3 aliphatic rings. The molecule has 0 N–H and O–H groups in total. The number of carbonyl (C=O) groups excluding carboxylic acids is 1. The van der Waals surface area contributed by atoms with Crippen molar-refractivity contribution in [2.75, 3.05) is 37.7 Å². The highest BCUT2D eigenvalue weighted by atomic mass is 32.2. The number of nitrogens with zero attached hydrogens (tertiary/aromatic N) is 4. The van der Waals surface area contributed by atoms with Crippen molar-refractivity contribution in [1.82, 2.24) is 18.7 Å². The summed E-state index contributed by atoms with van der Waals surface area (Å²) >= 11 is 3.38. The van der Waals surface area contributed by atoms with Crippen LogP contribution < -0.4 is 5.56 Å². The molecule has 5 rings (SSSR count). The first-order chi connectivity index (χ1) is 13.7. The Morgan fingerprint density at radius 1 is 1.21 bits per heavy atom. The summed E-state index contributed by atoms with van der Waals surface area (Å²) in [5.41, 5.74) is 2.22. The van der Waals surface area contributed by atoms with Gasteiger partial charge in [-0.05, 0) is 29.6 Å². The number of thioether (sulfide) groups is 1. The maximum atomic E-state index is 13.5. The van der Waals surface area contributed by atoms with Gasteiger partial charge in [0.25, 0.3) is 5.56 Å². The zero-order valence-electron chi connectivity index (χ0n) is 15.7. The Kier molecular flexibility index (Phi) is 5.02. The molecule has 28 heavy (non-hydrogen) atoms. The van der Waals surface area contributed by atoms with E-state index in [2.05, 4.69) is 14.7 Å². The highest BCUT2D eigenvalue weighted by molar-refractivity contribution is 7.99. The first-order valence-corrected chi connectivity index (χ1v) is 11.9. The van der Waals surface area contributed by atoms with Crippen LogP contribution in [-0.4, -0.2) is 62.3 Å². The number of pyridine rings is 1. The smallest absolute Gasteiger partial charge is 0.251 e. The van der Waals surface area contributed by atoms with Crippen molar-refractivity contribution < 1.29 is 4.79 Å². The molecule has 0 radical (unpaired) electrons. The van der Waals surface area contributed by atoms with E-state index in [0.29, 0.717) is 5.92 Å². The summed E-state index contributed by atoms with van der Waals surface area (Å²) in [5.74, 6) is 2.59. The molecule has 0 aromatic carbocycles. The zero-order chi connectivity index (χ0) is 19.1. The van der Waals surface area contributed by atoms with Crippen LogP contribution in [-0.2, 0) is 11.3 Å². The summed E-state index contributed by atoms with van der Waals surface area (Å²) in [5, 5.41) is 2.09. The fraction of sp³-hybridized carbons (Fsp3) is 0.550. The van der Waals surface area contributed by atoms with Crippen LogP contribution in [0.5, 0.6) is 0 Å². The van der Waals surface area contributed by atoms with E-state index in [-0.39, 0.29) is 23.4 Å². The monoisotopic (exact) mass is 416 g/mol. The van der Waals surface area contributed by atoms with Gasteiger partial charge in [0, 0.05) is 79.4 Å². The van der Waals surface area contributed by atoms with Gasteiger partial charge in [-0.3, -0.25) is 19.1 Å². The number of hydrogen-bond acceptors (Lipinski definition) is 6. The molecule has 0 aliphatic carbocycles. The van der Waals surface area contributed by atoms with Gasteiger partial charge >= 0.3 is 0 Å². The maximum Gasteiger partial charge on any atom is 0.251 e. The van der Waals surface area contributed by atoms with E-state index in [1.165, 1.54) is 17.1 Å². The van der Waals surface area contributed by atoms with Crippen molar-refractivity contribution in [3.05, 3.63) is 51.4 Å². The summed E-state index contributed by atoms with van der Waals surface area (Å²) in [6, 6.07) is 5.12. The number of likely N-dealkylation sites (tertiary alicyclic amines) is 1. The number of carbonyl (C=O) groups is 1. The average molecular weight is 417 g/mol. The highest BCUT2D eigenvalue weighted by Crippen LogP contribution is 2.42. The van der Waals surface area contributed by atoms with Crippen molar-refractivity contribution in [2.45, 2.75) is 24.9 Å². The summed E-state index contributed by atoms with van der Waals surface area (Å²) in [7, 11) is 0. The van der Waals surface area contributed by atoms with Gasteiger partial charge < -0.3 is 4.90 Å². The molecule has 3 atom stereocenters. The lowest BCUT2D eigenvalue weighted by atomic mass is 9.78. The summed E-state index contributed by atoms with van der Waals surface area (Å²) in [4.78, 5) is 30.7. The van der Waals surface area contributed by atoms with Crippen LogP contribution in [0.4, 0.5) is 0 Å². The fourth-order valence-corrected chi connectivity index (χ4v) is 6.44. The first-order valence-electron chi connectivity index (χ1n) is 9.89. The second kappa shape index (κ2) is 7.65. The standard InChI is InChI=1S/C20H24N4O2S2/c25-18-3-1-2-17-15-8-16(12-22(11-15)10-14-9-21-28-13-14)19(24(17)18)20(26)23-4-6-27-7-5-23/h1-3,9,13,15-16,19H,4-8,10-12H2/t15-,16+,19-/m1/s1. The normalized spacial score (nSPS) is 27.4. The molecule has 148 valence electrons. The van der Waals surface area contributed by atoms with Gasteiger partial charge in [-0.25, -0.2) is 4.37 Å². The van der Waals surface area contributed by atoms with Crippen LogP contribution in [0.3, 0.4) is 0 Å². The lowest BCUT2D eigenvalue weighted by Crippen LogP contribution is -2.54. The van der Waals surface area contributed by atoms with Crippen molar-refractivity contribution >= 4 is 29.2 Å². The molecule has 5 heterocycles. The van der Waals surface area contributed by atoms with E-state index in [1.54, 1.807) is 6.07 Å². The molecule has 1 amide bonds. The number of hydrogen-bond donors (Lipinski definition) is 0. The lowest BCUT2D eigenvalue weighted by Gasteiger charge is -2.47. The van der Waals surface area contributed by atoms with Gasteiger partial charge in [0.1, 0.15) is 6.04 Å². The quantitative estimate of drug-likeness (QED) is 0.766. The fourth-order valence-electron chi connectivity index (χ4n) is 5.01. The predicted octanol–water partition coefficient (Wildman–Crippen LogP) is 2.04. The molecule has 3 aliphatic heterocycles. The van der Waals surface area contributed by atoms with E-state index in [0.717, 1.165) is 56.3 Å². The van der Waals surface area contributed by atoms with Crippen LogP contribution >= 0.6 is 23.3 Å². The van der Waals surface area contributed by atoms with Crippen LogP contribution in [0.15, 0.2) is 34.6 Å². The molecule has 0 unspecified atom stereocenters. The molecule has 6 nitrogen and oxygen atoms in total. The molecule has 2 fully saturated rings. The second-order valence-corrected chi connectivity index (χ2v) is 9.84. The van der Waals surface area contributed by atoms with Crippen molar-refractivity contribution in [1.29, 1.82) is 0 Å². The summed E-state index contributed by atoms with van der Waals surface area (Å²) in [6.07, 6.45) is 2.92. The Morgan fingerprint density at radius 2 is 2.07 bits per heavy atom. The minimum Gasteiger partial charge on any atom is -0.339 e. The Bertz CT molecular complexity index is 907. The Morgan fingerprint density at radius 3 is 2.86 bits per heavy atom. The second-order valence-electron chi connectivity index (χ2n) is 7.96. The Labute approximate surface area is 172 Å². The van der Waals surface area contributed by atoms with E-state index >= 15 is 0 Å². The van der Waals surface area contributed by atoms with Gasteiger partial charge in [0.15, 0.2) is 0 Å². The summed E-state index contributed by atoms with van der Waals surface area (Å²) in [6.45, 7) is 4.22. The zero-order valence-corrected chi connectivity index (χ0v) is 17.3. The van der Waals surface area contributed by atoms with Crippen LogP contribution in [0.25, 0.3) is 0 Å². The maximum absolute atomic E-state index is 13.5. The SMILES string of the molecule is O=C([C@H]1[C@H]2C[C@H](CN(Cc3cnsc3)C2)c2cccc(=O)n21)N1CCSCC1. The highest BCUT2D eigenvalue weighted by Gasteiger charge is 2.44. The van der Waals surface area contributed by atoms with Gasteiger partial charge in [-0.2, -0.15) is 11.8 Å². The molecular formula is C20H24N4O2S2. The van der Waals surface area contributed by atoms with Crippen molar-refractivity contribution in [3.8, 4) is 0 Å². The molecule has 8 heteroatoms. The number of amides is 1. The lowest BCUT2D eigenvalue weighted by molar-refractivity contribution is -0.138. The van der Waals surface area contributed by atoms with Crippen LogP contribution in [0.2, 0.25) is 0 Å². The van der Waals surface area contributed by atoms with Gasteiger partial charge in [0.2, 0.25) is 5.91 Å². The topological polar surface area (TPSA) is 58.4 Å². The minimum atomic E-state index is -0.369. The van der Waals surface area contributed by atoms with E-state index < -0.39 is 0 Å². The minimum absolute atomic E-state index is 0.0348. The van der Waals surface area contributed by atoms with E-state index in [9.17, 15) is 9.59 Å². The third-order valence-corrected chi connectivity index (χ3v) is 7.77. The molecule has 0 spiro atoms. The van der Waals surface area contributed by atoms with Gasteiger partial charge in [-0.15, -0.1) is 0 Å². The number of fused-ring (bicyclic) bond motifs is 4. The van der Waals surface area contributed by atoms with Crippen LogP contribution in [0.1, 0.15) is 29.6 Å². The Balaban J connectivity index is 1.49. The number of piperidine rings is 1. The third kappa shape index (κ3) is 3.31. The van der Waals surface area contributed by atoms with Crippen molar-refractivity contribution in [3.63, 3.8) is 0 Å². The van der Waals surface area contributed by atoms with E-state index in [4.69, 9.17) is 0 Å². The number of rotatable bonds is 3. The van der Waals surface area contributed by atoms with Crippen molar-refractivity contribution in [2.24, 2.45) is 5.92 Å². The number of aromatic nitrogens is 2. The largest absolute Gasteiger partial charge is 0.339 e. The molecule has 0 saturated carbocycles. The van der Waals surface area contributed by atoms with Gasteiger partial charge in [0.05, 0.1) is 0 Å². The van der Waals surface area contributed by atoms with E-state index in [1.807, 2.05) is 39.6 Å². The third-order valence-electron chi connectivity index (χ3n) is 6.19. The molecule has 2 bridgehead atoms. The molecule has 2 saturated heterocycles. The predicted molar refractivity (Wildman–Crippen MR) is 112 cm³/mol. The first kappa shape index (κ1) is 18.4. The average Bonchev–Trinajstić information content (AvgIpc) is 3.22. The Hall–Kier alpha value is -1.64. The molecular weight excluding hydrogens is 392 g/mol. The van der Waals surface area contributed by atoms with Gasteiger partial charge in [-0.1, -0.05) is 6.07 Å². The molecule has 2 aromatic rings. The van der Waals surface area contributed by atoms with Crippen LogP contribution in [0, 0.1) is 5.92 Å². The summed E-state index contributed by atoms with van der Waals surface area (Å²) < 4.78 is 6.04.